The fraction of sp³-hybridized carbons (Fsp3) is 0.429. The Kier molecular flexibility index (Phi) is 5.14. The molecule has 0 saturated carbocycles. The lowest BCUT2D eigenvalue weighted by atomic mass is 9.90. The van der Waals surface area contributed by atoms with Crippen molar-refractivity contribution in [2.75, 3.05) is 19.6 Å². The highest BCUT2D eigenvalue weighted by Gasteiger charge is 2.26. The summed E-state index contributed by atoms with van der Waals surface area (Å²) in [6.07, 6.45) is 2.84. The van der Waals surface area contributed by atoms with E-state index in [-0.39, 0.29) is 0 Å². The van der Waals surface area contributed by atoms with Crippen LogP contribution >= 0.6 is 0 Å². The third-order valence-corrected chi connectivity index (χ3v) is 5.00. The lowest BCUT2D eigenvalue weighted by Gasteiger charge is -2.27. The second-order valence-corrected chi connectivity index (χ2v) is 7.03. The van der Waals surface area contributed by atoms with Crippen molar-refractivity contribution in [1.29, 1.82) is 0 Å². The molecule has 1 heterocycles. The summed E-state index contributed by atoms with van der Waals surface area (Å²) in [4.78, 5) is 2.52. The van der Waals surface area contributed by atoms with E-state index < -0.39 is 5.60 Å². The average molecular weight is 309 g/mol. The molecule has 1 aliphatic heterocycles. The summed E-state index contributed by atoms with van der Waals surface area (Å²) in [6.45, 7) is 5.04. The third kappa shape index (κ3) is 4.43. The summed E-state index contributed by atoms with van der Waals surface area (Å²) < 4.78 is 0. The molecule has 0 radical (unpaired) electrons. The van der Waals surface area contributed by atoms with E-state index in [0.29, 0.717) is 5.92 Å². The van der Waals surface area contributed by atoms with Gasteiger partial charge in [0.15, 0.2) is 0 Å². The Bertz CT molecular complexity index is 554. The van der Waals surface area contributed by atoms with Crippen LogP contribution in [0.25, 0.3) is 0 Å². The van der Waals surface area contributed by atoms with Crippen LogP contribution in [0.1, 0.15) is 43.2 Å². The highest BCUT2D eigenvalue weighted by atomic mass is 16.3. The van der Waals surface area contributed by atoms with E-state index in [1.165, 1.54) is 11.1 Å². The molecule has 0 aromatic heterocycles. The fourth-order valence-corrected chi connectivity index (χ4v) is 3.53. The maximum atomic E-state index is 10.3. The summed E-state index contributed by atoms with van der Waals surface area (Å²) >= 11 is 0. The predicted molar refractivity (Wildman–Crippen MR) is 95.6 cm³/mol. The van der Waals surface area contributed by atoms with Gasteiger partial charge in [-0.25, -0.2) is 0 Å². The number of nitrogens with zero attached hydrogens (tertiary/aromatic N) is 1. The minimum absolute atomic E-state index is 0.389. The molecule has 1 aliphatic rings. The predicted octanol–water partition coefficient (Wildman–Crippen LogP) is 4.06. The Labute approximate surface area is 139 Å². The van der Waals surface area contributed by atoms with Crippen LogP contribution < -0.4 is 0 Å². The molecule has 1 fully saturated rings. The molecule has 0 aliphatic carbocycles. The summed E-state index contributed by atoms with van der Waals surface area (Å²) in [7, 11) is 0. The zero-order valence-corrected chi connectivity index (χ0v) is 14.0. The van der Waals surface area contributed by atoms with Gasteiger partial charge in [-0.15, -0.1) is 0 Å². The van der Waals surface area contributed by atoms with Crippen LogP contribution in [0.5, 0.6) is 0 Å². The largest absolute Gasteiger partial charge is 0.390 e. The summed E-state index contributed by atoms with van der Waals surface area (Å²) in [5, 5.41) is 10.3. The monoisotopic (exact) mass is 309 g/mol. The topological polar surface area (TPSA) is 23.5 Å². The van der Waals surface area contributed by atoms with E-state index in [0.717, 1.165) is 38.9 Å². The second-order valence-electron chi connectivity index (χ2n) is 7.03. The Morgan fingerprint density at radius 2 is 1.48 bits per heavy atom. The van der Waals surface area contributed by atoms with Crippen LogP contribution in [0.4, 0.5) is 0 Å². The van der Waals surface area contributed by atoms with Gasteiger partial charge in [-0.3, -0.25) is 0 Å². The molecule has 2 nitrogen and oxygen atoms in total. The Morgan fingerprint density at radius 3 is 2.04 bits per heavy atom. The van der Waals surface area contributed by atoms with Crippen LogP contribution in [0, 0.1) is 0 Å². The van der Waals surface area contributed by atoms with E-state index in [1.54, 1.807) is 0 Å². The smallest absolute Gasteiger partial charge is 0.0632 e. The molecule has 1 atom stereocenters. The lowest BCUT2D eigenvalue weighted by Crippen LogP contribution is -2.32. The van der Waals surface area contributed by atoms with Gasteiger partial charge in [0, 0.05) is 19.0 Å². The van der Waals surface area contributed by atoms with E-state index in [9.17, 15) is 5.11 Å². The third-order valence-electron chi connectivity index (χ3n) is 5.00. The second kappa shape index (κ2) is 7.29. The Morgan fingerprint density at radius 1 is 0.913 bits per heavy atom. The first-order chi connectivity index (χ1) is 11.1. The number of aliphatic hydroxyl groups is 1. The van der Waals surface area contributed by atoms with Crippen molar-refractivity contribution in [3.05, 3.63) is 71.8 Å². The zero-order valence-electron chi connectivity index (χ0n) is 14.0. The van der Waals surface area contributed by atoms with Crippen molar-refractivity contribution in [2.45, 2.75) is 37.7 Å². The average Bonchev–Trinajstić information content (AvgIpc) is 2.75. The first-order valence-corrected chi connectivity index (χ1v) is 8.69. The van der Waals surface area contributed by atoms with Crippen molar-refractivity contribution in [3.63, 3.8) is 0 Å². The zero-order chi connectivity index (χ0) is 16.1. The van der Waals surface area contributed by atoms with Crippen molar-refractivity contribution in [2.24, 2.45) is 0 Å². The quantitative estimate of drug-likeness (QED) is 0.921. The van der Waals surface area contributed by atoms with E-state index in [2.05, 4.69) is 65.6 Å². The molecule has 2 aromatic carbocycles. The summed E-state index contributed by atoms with van der Waals surface area (Å²) in [5.74, 6) is 0.389. The minimum Gasteiger partial charge on any atom is -0.390 e. The SMILES string of the molecule is C[C@]1(O)CCCN(CC(c2ccccc2)c2ccccc2)CC1. The lowest BCUT2D eigenvalue weighted by molar-refractivity contribution is 0.0446. The molecule has 0 unspecified atom stereocenters. The first-order valence-electron chi connectivity index (χ1n) is 8.69. The highest BCUT2D eigenvalue weighted by molar-refractivity contribution is 5.32. The van der Waals surface area contributed by atoms with Gasteiger partial charge in [-0.05, 0) is 43.9 Å². The molecular formula is C21H27NO. The van der Waals surface area contributed by atoms with Gasteiger partial charge in [0.2, 0.25) is 0 Å². The molecule has 2 aromatic rings. The molecule has 1 N–H and O–H groups in total. The Balaban J connectivity index is 1.79. The number of hydrogen-bond acceptors (Lipinski definition) is 2. The van der Waals surface area contributed by atoms with Gasteiger partial charge in [0.05, 0.1) is 5.60 Å². The van der Waals surface area contributed by atoms with Crippen LogP contribution in [-0.4, -0.2) is 35.2 Å². The van der Waals surface area contributed by atoms with Crippen LogP contribution in [0.2, 0.25) is 0 Å². The maximum absolute atomic E-state index is 10.3. The van der Waals surface area contributed by atoms with E-state index >= 15 is 0 Å². The van der Waals surface area contributed by atoms with Crippen molar-refractivity contribution < 1.29 is 5.11 Å². The first kappa shape index (κ1) is 16.2. The normalized spacial score (nSPS) is 22.9. The molecule has 2 heteroatoms. The maximum Gasteiger partial charge on any atom is 0.0632 e. The van der Waals surface area contributed by atoms with Gasteiger partial charge in [0.1, 0.15) is 0 Å². The molecule has 1 saturated heterocycles. The Hall–Kier alpha value is -1.64. The molecule has 3 rings (SSSR count). The number of benzene rings is 2. The van der Waals surface area contributed by atoms with Crippen molar-refractivity contribution >= 4 is 0 Å². The van der Waals surface area contributed by atoms with Crippen LogP contribution in [-0.2, 0) is 0 Å². The number of rotatable bonds is 4. The highest BCUT2D eigenvalue weighted by Crippen LogP contribution is 2.28. The molecule has 0 amide bonds. The van der Waals surface area contributed by atoms with Gasteiger partial charge >= 0.3 is 0 Å². The van der Waals surface area contributed by atoms with Gasteiger partial charge < -0.3 is 10.0 Å². The summed E-state index contributed by atoms with van der Waals surface area (Å²) in [6, 6.07) is 21.6. The van der Waals surface area contributed by atoms with Gasteiger partial charge in [-0.1, -0.05) is 60.7 Å². The number of likely N-dealkylation sites (tertiary alicyclic amines) is 1. The van der Waals surface area contributed by atoms with E-state index in [4.69, 9.17) is 0 Å². The molecular weight excluding hydrogens is 282 g/mol. The van der Waals surface area contributed by atoms with Crippen LogP contribution in [0.15, 0.2) is 60.7 Å². The summed E-state index contributed by atoms with van der Waals surface area (Å²) in [5.41, 5.74) is 2.24. The standard InChI is InChI=1S/C21H27NO/c1-21(23)13-8-15-22(16-14-21)17-20(18-9-4-2-5-10-18)19-11-6-3-7-12-19/h2-7,9-12,20,23H,8,13-17H2,1H3/t21-/m0/s1. The van der Waals surface area contributed by atoms with Gasteiger partial charge in [-0.2, -0.15) is 0 Å². The van der Waals surface area contributed by atoms with Crippen molar-refractivity contribution in [1.82, 2.24) is 4.90 Å². The van der Waals surface area contributed by atoms with E-state index in [1.807, 2.05) is 6.92 Å². The molecule has 122 valence electrons. The molecule has 0 spiro atoms. The molecule has 23 heavy (non-hydrogen) atoms. The van der Waals surface area contributed by atoms with Crippen molar-refractivity contribution in [3.8, 4) is 0 Å². The molecule has 0 bridgehead atoms. The number of hydrogen-bond donors (Lipinski definition) is 1. The minimum atomic E-state index is -0.496. The fourth-order valence-electron chi connectivity index (χ4n) is 3.53. The van der Waals surface area contributed by atoms with Crippen LogP contribution in [0.3, 0.4) is 0 Å². The van der Waals surface area contributed by atoms with Gasteiger partial charge in [0.25, 0.3) is 0 Å².